The van der Waals surface area contributed by atoms with Gasteiger partial charge in [-0.15, -0.1) is 0 Å². The number of aryl methyl sites for hydroxylation is 2. The molecule has 3 aromatic rings. The number of nitrogens with zero attached hydrogens (tertiary/aromatic N) is 1. The van der Waals surface area contributed by atoms with E-state index in [4.69, 9.17) is 11.6 Å². The number of amides is 1. The van der Waals surface area contributed by atoms with Gasteiger partial charge in [0.1, 0.15) is 11.6 Å². The summed E-state index contributed by atoms with van der Waals surface area (Å²) >= 11 is 5.99. The molecule has 1 amide bonds. The Labute approximate surface area is 184 Å². The molecule has 156 valence electrons. The summed E-state index contributed by atoms with van der Waals surface area (Å²) in [6.45, 7) is 3.47. The molecule has 0 bridgehead atoms. The Morgan fingerprint density at radius 1 is 1.00 bits per heavy atom. The van der Waals surface area contributed by atoms with E-state index in [0.717, 1.165) is 5.56 Å². The molecule has 1 unspecified atom stereocenters. The third kappa shape index (κ3) is 3.73. The lowest BCUT2D eigenvalue weighted by molar-refractivity contribution is -0.132. The molecule has 4 nitrogen and oxygen atoms in total. The van der Waals surface area contributed by atoms with Crippen LogP contribution in [0.3, 0.4) is 0 Å². The maximum absolute atomic E-state index is 13.7. The van der Waals surface area contributed by atoms with Crippen molar-refractivity contribution in [3.05, 3.63) is 105 Å². The van der Waals surface area contributed by atoms with Crippen LogP contribution in [0.15, 0.2) is 72.3 Å². The molecule has 0 radical (unpaired) electrons. The predicted octanol–water partition coefficient (Wildman–Crippen LogP) is 5.72. The molecule has 1 saturated heterocycles. The first-order chi connectivity index (χ1) is 14.8. The average Bonchev–Trinajstić information content (AvgIpc) is 3.01. The number of anilines is 1. The van der Waals surface area contributed by atoms with Gasteiger partial charge in [-0.3, -0.25) is 14.5 Å². The Morgan fingerprint density at radius 3 is 2.35 bits per heavy atom. The maximum Gasteiger partial charge on any atom is 0.300 e. The number of carbonyl (C=O) groups excluding carboxylic acids is 2. The zero-order valence-corrected chi connectivity index (χ0v) is 17.7. The van der Waals surface area contributed by atoms with E-state index in [1.165, 1.54) is 23.1 Å². The molecule has 6 heteroatoms. The highest BCUT2D eigenvalue weighted by molar-refractivity contribution is 6.51. The smallest absolute Gasteiger partial charge is 0.300 e. The third-order valence-electron chi connectivity index (χ3n) is 5.34. The van der Waals surface area contributed by atoms with Crippen molar-refractivity contribution >= 4 is 34.7 Å². The van der Waals surface area contributed by atoms with Gasteiger partial charge in [0, 0.05) is 16.3 Å². The highest BCUT2D eigenvalue weighted by Gasteiger charge is 2.47. The number of ketones is 1. The fraction of sp³-hybridized carbons (Fsp3) is 0.120. The molecule has 1 N–H and O–H groups in total. The second-order valence-corrected chi connectivity index (χ2v) is 7.96. The largest absolute Gasteiger partial charge is 0.507 e. The van der Waals surface area contributed by atoms with Gasteiger partial charge in [0.05, 0.1) is 11.6 Å². The first-order valence-corrected chi connectivity index (χ1v) is 10.1. The zero-order chi connectivity index (χ0) is 22.3. The topological polar surface area (TPSA) is 57.6 Å². The number of aliphatic hydroxyl groups is 1. The van der Waals surface area contributed by atoms with E-state index < -0.39 is 23.5 Å². The van der Waals surface area contributed by atoms with Gasteiger partial charge in [0.2, 0.25) is 0 Å². The van der Waals surface area contributed by atoms with Gasteiger partial charge < -0.3 is 5.11 Å². The number of halogens is 2. The quantitative estimate of drug-likeness (QED) is 0.325. The SMILES string of the molecule is Cc1cccc(C2/C(=C(/O)c3ccc(F)c(C)c3)C(=O)C(=O)N2c2ccc(Cl)cc2)c1. The summed E-state index contributed by atoms with van der Waals surface area (Å²) in [5.74, 6) is -2.33. The molecule has 0 aliphatic carbocycles. The van der Waals surface area contributed by atoms with Gasteiger partial charge in [-0.25, -0.2) is 4.39 Å². The number of hydrogen-bond acceptors (Lipinski definition) is 3. The average molecular weight is 436 g/mol. The molecule has 1 aliphatic heterocycles. The minimum Gasteiger partial charge on any atom is -0.507 e. The number of aliphatic hydroxyl groups excluding tert-OH is 1. The van der Waals surface area contributed by atoms with Crippen molar-refractivity contribution < 1.29 is 19.1 Å². The van der Waals surface area contributed by atoms with Crippen molar-refractivity contribution in [1.82, 2.24) is 0 Å². The van der Waals surface area contributed by atoms with E-state index >= 15 is 0 Å². The second kappa shape index (κ2) is 8.00. The molecule has 1 atom stereocenters. The van der Waals surface area contributed by atoms with Crippen LogP contribution in [0.25, 0.3) is 5.76 Å². The number of rotatable bonds is 3. The standard InChI is InChI=1S/C25H19ClFNO3/c1-14-4-3-5-16(12-14)22-21(23(29)17-6-11-20(27)15(2)13-17)24(30)25(31)28(22)19-9-7-18(26)8-10-19/h3-13,22,29H,1-2H3/b23-21-. The van der Waals surface area contributed by atoms with Crippen LogP contribution in [-0.4, -0.2) is 16.8 Å². The van der Waals surface area contributed by atoms with Crippen LogP contribution in [-0.2, 0) is 9.59 Å². The van der Waals surface area contributed by atoms with Gasteiger partial charge in [-0.2, -0.15) is 0 Å². The zero-order valence-electron chi connectivity index (χ0n) is 16.9. The molecule has 1 fully saturated rings. The van der Waals surface area contributed by atoms with Crippen LogP contribution < -0.4 is 4.90 Å². The van der Waals surface area contributed by atoms with Crippen molar-refractivity contribution in [2.45, 2.75) is 19.9 Å². The maximum atomic E-state index is 13.7. The minimum atomic E-state index is -0.841. The highest BCUT2D eigenvalue weighted by Crippen LogP contribution is 2.42. The van der Waals surface area contributed by atoms with Crippen molar-refractivity contribution in [1.29, 1.82) is 0 Å². The van der Waals surface area contributed by atoms with Crippen LogP contribution in [0.2, 0.25) is 5.02 Å². The molecule has 4 rings (SSSR count). The van der Waals surface area contributed by atoms with E-state index in [1.807, 2.05) is 25.1 Å². The van der Waals surface area contributed by atoms with E-state index in [9.17, 15) is 19.1 Å². The van der Waals surface area contributed by atoms with Crippen LogP contribution in [0.5, 0.6) is 0 Å². The van der Waals surface area contributed by atoms with Crippen LogP contribution in [0.4, 0.5) is 10.1 Å². The molecule has 1 aliphatic rings. The molecular weight excluding hydrogens is 417 g/mol. The molecule has 0 spiro atoms. The van der Waals surface area contributed by atoms with E-state index in [0.29, 0.717) is 21.8 Å². The van der Waals surface area contributed by atoms with Gasteiger partial charge in [-0.1, -0.05) is 41.4 Å². The number of hydrogen-bond donors (Lipinski definition) is 1. The summed E-state index contributed by atoms with van der Waals surface area (Å²) in [6.07, 6.45) is 0. The molecule has 0 aromatic heterocycles. The lowest BCUT2D eigenvalue weighted by Crippen LogP contribution is -2.29. The van der Waals surface area contributed by atoms with Crippen molar-refractivity contribution in [3.63, 3.8) is 0 Å². The summed E-state index contributed by atoms with van der Waals surface area (Å²) < 4.78 is 13.7. The molecule has 1 heterocycles. The predicted molar refractivity (Wildman–Crippen MR) is 119 cm³/mol. The summed E-state index contributed by atoms with van der Waals surface area (Å²) in [5, 5.41) is 11.6. The fourth-order valence-electron chi connectivity index (χ4n) is 3.80. The number of benzene rings is 3. The van der Waals surface area contributed by atoms with Crippen molar-refractivity contribution in [2.75, 3.05) is 4.90 Å². The van der Waals surface area contributed by atoms with Crippen LogP contribution >= 0.6 is 11.6 Å². The Morgan fingerprint density at radius 2 is 1.71 bits per heavy atom. The first-order valence-electron chi connectivity index (χ1n) is 9.67. The second-order valence-electron chi connectivity index (χ2n) is 7.52. The molecule has 0 saturated carbocycles. The van der Waals surface area contributed by atoms with E-state index in [1.54, 1.807) is 37.3 Å². The Balaban J connectivity index is 1.96. The number of Topliss-reactive ketones (excluding diaryl/α,β-unsaturated/α-hetero) is 1. The molecule has 3 aromatic carbocycles. The first kappa shape index (κ1) is 20.8. The van der Waals surface area contributed by atoms with Crippen molar-refractivity contribution in [2.24, 2.45) is 0 Å². The highest BCUT2D eigenvalue weighted by atomic mass is 35.5. The monoisotopic (exact) mass is 435 g/mol. The summed E-state index contributed by atoms with van der Waals surface area (Å²) in [6, 6.07) is 17.2. The van der Waals surface area contributed by atoms with Gasteiger partial charge >= 0.3 is 0 Å². The fourth-order valence-corrected chi connectivity index (χ4v) is 3.93. The van der Waals surface area contributed by atoms with E-state index in [-0.39, 0.29) is 16.9 Å². The van der Waals surface area contributed by atoms with Crippen LogP contribution in [0, 0.1) is 19.7 Å². The molecular formula is C25H19ClFNO3. The van der Waals surface area contributed by atoms with Gasteiger partial charge in [0.15, 0.2) is 0 Å². The molecule has 31 heavy (non-hydrogen) atoms. The van der Waals surface area contributed by atoms with Gasteiger partial charge in [-0.05, 0) is 67.4 Å². The normalized spacial score (nSPS) is 17.9. The minimum absolute atomic E-state index is 0.0449. The Bertz CT molecular complexity index is 1230. The lowest BCUT2D eigenvalue weighted by Gasteiger charge is -2.25. The van der Waals surface area contributed by atoms with Gasteiger partial charge in [0.25, 0.3) is 11.7 Å². The Hall–Kier alpha value is -3.44. The lowest BCUT2D eigenvalue weighted by atomic mass is 9.94. The summed E-state index contributed by atoms with van der Waals surface area (Å²) in [5.41, 5.74) is 2.64. The summed E-state index contributed by atoms with van der Waals surface area (Å²) in [7, 11) is 0. The Kier molecular flexibility index (Phi) is 5.38. The van der Waals surface area contributed by atoms with Crippen LogP contribution in [0.1, 0.15) is 28.3 Å². The van der Waals surface area contributed by atoms with E-state index in [2.05, 4.69) is 0 Å². The third-order valence-corrected chi connectivity index (χ3v) is 5.59. The summed E-state index contributed by atoms with van der Waals surface area (Å²) in [4.78, 5) is 27.5. The van der Waals surface area contributed by atoms with Crippen molar-refractivity contribution in [3.8, 4) is 0 Å². The number of carbonyl (C=O) groups is 2.